The third-order valence-corrected chi connectivity index (χ3v) is 3.94. The van der Waals surface area contributed by atoms with Gasteiger partial charge in [-0.1, -0.05) is 6.07 Å². The molecule has 4 heteroatoms. The molecule has 1 aliphatic carbocycles. The molecule has 1 saturated carbocycles. The number of pyridine rings is 1. The number of hydrogen-bond donors (Lipinski definition) is 1. The van der Waals surface area contributed by atoms with Gasteiger partial charge in [0.1, 0.15) is 0 Å². The molecule has 86 valence electrons. The van der Waals surface area contributed by atoms with Crippen LogP contribution in [0.3, 0.4) is 0 Å². The zero-order valence-corrected chi connectivity index (χ0v) is 9.98. The summed E-state index contributed by atoms with van der Waals surface area (Å²) < 4.78 is 0. The summed E-state index contributed by atoms with van der Waals surface area (Å²) in [5.74, 6) is 0.484. The Morgan fingerprint density at radius 2 is 2.35 bits per heavy atom. The summed E-state index contributed by atoms with van der Waals surface area (Å²) in [5, 5.41) is 5.11. The summed E-state index contributed by atoms with van der Waals surface area (Å²) in [6.07, 6.45) is 4.31. The molecule has 1 aliphatic rings. The maximum Gasteiger partial charge on any atom is 0.253 e. The zero-order valence-electron chi connectivity index (χ0n) is 9.17. The second kappa shape index (κ2) is 4.30. The minimum absolute atomic E-state index is 0.0258. The van der Waals surface area contributed by atoms with E-state index in [9.17, 15) is 4.79 Å². The van der Waals surface area contributed by atoms with Crippen LogP contribution in [0.1, 0.15) is 27.6 Å². The average Bonchev–Trinajstić information content (AvgIpc) is 2.92. The van der Waals surface area contributed by atoms with Gasteiger partial charge in [0.25, 0.3) is 5.91 Å². The van der Waals surface area contributed by atoms with Crippen molar-refractivity contribution in [1.82, 2.24) is 10.3 Å². The Balaban J connectivity index is 1.61. The first-order chi connectivity index (χ1) is 8.34. The van der Waals surface area contributed by atoms with Gasteiger partial charge < -0.3 is 5.32 Å². The van der Waals surface area contributed by atoms with E-state index in [2.05, 4.69) is 27.8 Å². The third kappa shape index (κ3) is 2.22. The fourth-order valence-electron chi connectivity index (χ4n) is 1.92. The van der Waals surface area contributed by atoms with Gasteiger partial charge in [-0.3, -0.25) is 9.78 Å². The molecule has 0 radical (unpaired) electrons. The molecule has 2 heterocycles. The third-order valence-electron chi connectivity index (χ3n) is 2.94. The highest BCUT2D eigenvalue weighted by atomic mass is 32.1. The van der Waals surface area contributed by atoms with E-state index in [1.165, 1.54) is 4.88 Å². The maximum atomic E-state index is 11.9. The number of rotatable bonds is 3. The molecule has 1 fully saturated rings. The van der Waals surface area contributed by atoms with E-state index in [4.69, 9.17) is 0 Å². The molecule has 1 amide bonds. The van der Waals surface area contributed by atoms with Crippen molar-refractivity contribution in [1.29, 1.82) is 0 Å². The van der Waals surface area contributed by atoms with Crippen molar-refractivity contribution >= 4 is 17.2 Å². The van der Waals surface area contributed by atoms with Gasteiger partial charge in [0.15, 0.2) is 0 Å². The summed E-state index contributed by atoms with van der Waals surface area (Å²) in [4.78, 5) is 17.2. The molecule has 1 N–H and O–H groups in total. The zero-order chi connectivity index (χ0) is 11.7. The Morgan fingerprint density at radius 1 is 1.41 bits per heavy atom. The molecule has 17 heavy (non-hydrogen) atoms. The number of thiophene rings is 1. The Kier molecular flexibility index (Phi) is 2.65. The Bertz CT molecular complexity index is 509. The topological polar surface area (TPSA) is 42.0 Å². The van der Waals surface area contributed by atoms with Crippen LogP contribution in [0, 0.1) is 0 Å². The monoisotopic (exact) mass is 244 g/mol. The van der Waals surface area contributed by atoms with Crippen molar-refractivity contribution in [3.8, 4) is 0 Å². The largest absolute Gasteiger partial charge is 0.349 e. The van der Waals surface area contributed by atoms with Gasteiger partial charge in [-0.05, 0) is 30.0 Å². The van der Waals surface area contributed by atoms with Crippen molar-refractivity contribution in [2.45, 2.75) is 18.4 Å². The minimum atomic E-state index is -0.0258. The molecule has 3 rings (SSSR count). The summed E-state index contributed by atoms with van der Waals surface area (Å²) >= 11 is 1.76. The normalized spacial score (nSPS) is 22.1. The fourth-order valence-corrected chi connectivity index (χ4v) is 2.83. The van der Waals surface area contributed by atoms with Gasteiger partial charge in [0, 0.05) is 29.2 Å². The van der Waals surface area contributed by atoms with Gasteiger partial charge >= 0.3 is 0 Å². The van der Waals surface area contributed by atoms with Gasteiger partial charge in [0.2, 0.25) is 0 Å². The fraction of sp³-hybridized carbons (Fsp3) is 0.231. The maximum absolute atomic E-state index is 11.9. The first kappa shape index (κ1) is 10.5. The quantitative estimate of drug-likeness (QED) is 0.901. The SMILES string of the molecule is O=C(NC1CC1c1cccs1)c1cccnc1. The van der Waals surface area contributed by atoms with Gasteiger partial charge in [-0.25, -0.2) is 0 Å². The lowest BCUT2D eigenvalue weighted by atomic mass is 10.2. The van der Waals surface area contributed by atoms with E-state index in [1.807, 2.05) is 0 Å². The lowest BCUT2D eigenvalue weighted by molar-refractivity contribution is 0.0950. The van der Waals surface area contributed by atoms with Crippen LogP contribution < -0.4 is 5.32 Å². The number of aromatic nitrogens is 1. The van der Waals surface area contributed by atoms with Crippen molar-refractivity contribution in [3.05, 3.63) is 52.5 Å². The summed E-state index contributed by atoms with van der Waals surface area (Å²) in [5.41, 5.74) is 0.629. The van der Waals surface area contributed by atoms with Crippen LogP contribution in [0.25, 0.3) is 0 Å². The highest BCUT2D eigenvalue weighted by molar-refractivity contribution is 7.10. The van der Waals surface area contributed by atoms with Crippen LogP contribution in [0.15, 0.2) is 42.0 Å². The molecule has 0 aliphatic heterocycles. The minimum Gasteiger partial charge on any atom is -0.349 e. The number of nitrogens with one attached hydrogen (secondary N) is 1. The van der Waals surface area contributed by atoms with Crippen molar-refractivity contribution in [2.24, 2.45) is 0 Å². The molecule has 0 bridgehead atoms. The van der Waals surface area contributed by atoms with Crippen LogP contribution in [-0.2, 0) is 0 Å². The molecule has 3 nitrogen and oxygen atoms in total. The number of carbonyl (C=O) groups excluding carboxylic acids is 1. The van der Waals surface area contributed by atoms with Crippen LogP contribution in [0.2, 0.25) is 0 Å². The Labute approximate surface area is 104 Å². The lowest BCUT2D eigenvalue weighted by Gasteiger charge is -2.03. The molecule has 2 aromatic rings. The van der Waals surface area contributed by atoms with E-state index in [1.54, 1.807) is 35.9 Å². The summed E-state index contributed by atoms with van der Waals surface area (Å²) in [7, 11) is 0. The van der Waals surface area contributed by atoms with Crippen LogP contribution in [0.4, 0.5) is 0 Å². The number of carbonyl (C=O) groups is 1. The Hall–Kier alpha value is -1.68. The molecule has 2 unspecified atom stereocenters. The highest BCUT2D eigenvalue weighted by Gasteiger charge is 2.40. The molecule has 0 saturated heterocycles. The van der Waals surface area contributed by atoms with Gasteiger partial charge in [0.05, 0.1) is 5.56 Å². The van der Waals surface area contributed by atoms with E-state index in [-0.39, 0.29) is 5.91 Å². The number of nitrogens with zero attached hydrogens (tertiary/aromatic N) is 1. The summed E-state index contributed by atoms with van der Waals surface area (Å²) in [6, 6.07) is 8.04. The van der Waals surface area contributed by atoms with E-state index in [0.29, 0.717) is 17.5 Å². The number of amides is 1. The van der Waals surface area contributed by atoms with E-state index in [0.717, 1.165) is 6.42 Å². The average molecular weight is 244 g/mol. The summed E-state index contributed by atoms with van der Waals surface area (Å²) in [6.45, 7) is 0. The molecular weight excluding hydrogens is 232 g/mol. The first-order valence-corrected chi connectivity index (χ1v) is 6.47. The molecule has 2 atom stereocenters. The second-order valence-corrected chi connectivity index (χ2v) is 5.16. The van der Waals surface area contributed by atoms with E-state index >= 15 is 0 Å². The predicted molar refractivity (Wildman–Crippen MR) is 67.2 cm³/mol. The van der Waals surface area contributed by atoms with Crippen molar-refractivity contribution in [2.75, 3.05) is 0 Å². The van der Waals surface area contributed by atoms with Gasteiger partial charge in [-0.15, -0.1) is 11.3 Å². The van der Waals surface area contributed by atoms with Crippen LogP contribution in [-0.4, -0.2) is 16.9 Å². The Morgan fingerprint density at radius 3 is 3.06 bits per heavy atom. The molecule has 0 aromatic carbocycles. The molecule has 2 aromatic heterocycles. The van der Waals surface area contributed by atoms with E-state index < -0.39 is 0 Å². The molecular formula is C13H12N2OS. The smallest absolute Gasteiger partial charge is 0.253 e. The predicted octanol–water partition coefficient (Wildman–Crippen LogP) is 2.43. The second-order valence-electron chi connectivity index (χ2n) is 4.18. The highest BCUT2D eigenvalue weighted by Crippen LogP contribution is 2.42. The lowest BCUT2D eigenvalue weighted by Crippen LogP contribution is -2.26. The standard InChI is InChI=1S/C13H12N2OS/c16-13(9-3-1-5-14-8-9)15-11-7-10(11)12-4-2-6-17-12/h1-6,8,10-11H,7H2,(H,15,16). The van der Waals surface area contributed by atoms with Crippen LogP contribution in [0.5, 0.6) is 0 Å². The van der Waals surface area contributed by atoms with Gasteiger partial charge in [-0.2, -0.15) is 0 Å². The first-order valence-electron chi connectivity index (χ1n) is 5.59. The van der Waals surface area contributed by atoms with Crippen molar-refractivity contribution in [3.63, 3.8) is 0 Å². The number of hydrogen-bond acceptors (Lipinski definition) is 3. The van der Waals surface area contributed by atoms with Crippen molar-refractivity contribution < 1.29 is 4.79 Å². The van der Waals surface area contributed by atoms with Crippen LogP contribution >= 0.6 is 11.3 Å². The molecule has 0 spiro atoms.